The third-order valence-corrected chi connectivity index (χ3v) is 1.63. The lowest BCUT2D eigenvalue weighted by Gasteiger charge is -2.11. The number of nitrogens with zero attached hydrogens (tertiary/aromatic N) is 4. The summed E-state index contributed by atoms with van der Waals surface area (Å²) >= 11 is 0. The maximum absolute atomic E-state index is 11.1. The first kappa shape index (κ1) is 14.6. The average Bonchev–Trinajstić information content (AvgIpc) is 1.97. The zero-order valence-electron chi connectivity index (χ0n) is 11.1. The SMILES string of the molecule is CC(=O)C/C(C/C(C)=N/N(C)C)=N\N(C)C. The third-order valence-electron chi connectivity index (χ3n) is 1.63. The number of carbonyl (C=O) groups excluding carboxylic acids is 1. The van der Waals surface area contributed by atoms with Crippen molar-refractivity contribution in [2.45, 2.75) is 26.7 Å². The Hall–Kier alpha value is -1.39. The van der Waals surface area contributed by atoms with Gasteiger partial charge in [-0.2, -0.15) is 10.2 Å². The van der Waals surface area contributed by atoms with Crippen molar-refractivity contribution in [1.82, 2.24) is 10.0 Å². The number of rotatable bonds is 6. The Balaban J connectivity index is 4.61. The van der Waals surface area contributed by atoms with Crippen LogP contribution in [0.2, 0.25) is 0 Å². The number of ketones is 1. The predicted molar refractivity (Wildman–Crippen MR) is 67.8 cm³/mol. The molecule has 0 saturated carbocycles. The Bertz CT molecular complexity index is 292. The van der Waals surface area contributed by atoms with Crippen LogP contribution in [0.4, 0.5) is 0 Å². The third kappa shape index (κ3) is 7.96. The number of hydrogen-bond acceptors (Lipinski definition) is 5. The molecule has 0 aromatic carbocycles. The van der Waals surface area contributed by atoms with E-state index in [1.807, 2.05) is 35.1 Å². The van der Waals surface area contributed by atoms with Crippen LogP contribution in [0.1, 0.15) is 26.7 Å². The van der Waals surface area contributed by atoms with E-state index in [2.05, 4.69) is 10.2 Å². The van der Waals surface area contributed by atoms with Crippen molar-refractivity contribution < 1.29 is 4.79 Å². The van der Waals surface area contributed by atoms with Gasteiger partial charge in [0, 0.05) is 46.7 Å². The van der Waals surface area contributed by atoms with Gasteiger partial charge in [0.05, 0.1) is 5.71 Å². The van der Waals surface area contributed by atoms with Crippen LogP contribution >= 0.6 is 0 Å². The van der Waals surface area contributed by atoms with Crippen LogP contribution in [0, 0.1) is 0 Å². The molecule has 0 aromatic rings. The quantitative estimate of drug-likeness (QED) is 0.505. The molecular weight excluding hydrogens is 204 g/mol. The van der Waals surface area contributed by atoms with E-state index in [0.29, 0.717) is 12.8 Å². The van der Waals surface area contributed by atoms with E-state index < -0.39 is 0 Å². The summed E-state index contributed by atoms with van der Waals surface area (Å²) in [5, 5.41) is 12.0. The molecule has 0 heterocycles. The van der Waals surface area contributed by atoms with E-state index >= 15 is 0 Å². The van der Waals surface area contributed by atoms with Gasteiger partial charge in [-0.05, 0) is 13.8 Å². The van der Waals surface area contributed by atoms with E-state index in [4.69, 9.17) is 0 Å². The molecular formula is C11H22N4O. The van der Waals surface area contributed by atoms with E-state index in [1.54, 1.807) is 16.9 Å². The molecule has 0 aromatic heterocycles. The topological polar surface area (TPSA) is 48.3 Å². The summed E-state index contributed by atoms with van der Waals surface area (Å²) in [6, 6.07) is 0. The largest absolute Gasteiger partial charge is 0.303 e. The minimum atomic E-state index is 0.123. The average molecular weight is 226 g/mol. The van der Waals surface area contributed by atoms with Crippen LogP contribution in [0.25, 0.3) is 0 Å². The van der Waals surface area contributed by atoms with Crippen LogP contribution in [-0.4, -0.2) is 55.4 Å². The van der Waals surface area contributed by atoms with Crippen molar-refractivity contribution in [2.75, 3.05) is 28.2 Å². The molecule has 5 nitrogen and oxygen atoms in total. The van der Waals surface area contributed by atoms with Crippen molar-refractivity contribution in [3.8, 4) is 0 Å². The van der Waals surface area contributed by atoms with E-state index in [-0.39, 0.29) is 5.78 Å². The minimum absolute atomic E-state index is 0.123. The molecule has 5 heteroatoms. The van der Waals surface area contributed by atoms with Gasteiger partial charge in [-0.15, -0.1) is 0 Å². The predicted octanol–water partition coefficient (Wildman–Crippen LogP) is 1.21. The van der Waals surface area contributed by atoms with Crippen molar-refractivity contribution >= 4 is 17.2 Å². The van der Waals surface area contributed by atoms with Crippen LogP contribution in [0.3, 0.4) is 0 Å². The summed E-state index contributed by atoms with van der Waals surface area (Å²) in [5.74, 6) is 0.123. The standard InChI is InChI=1S/C11H22N4O/c1-9(12-14(3)4)7-11(8-10(2)16)13-15(5)6/h7-8H2,1-6H3/b12-9+,13-11-. The monoisotopic (exact) mass is 226 g/mol. The fourth-order valence-electron chi connectivity index (χ4n) is 1.38. The molecule has 0 radical (unpaired) electrons. The lowest BCUT2D eigenvalue weighted by molar-refractivity contribution is -0.115. The van der Waals surface area contributed by atoms with Crippen LogP contribution in [-0.2, 0) is 4.79 Å². The Kier molecular flexibility index (Phi) is 6.37. The van der Waals surface area contributed by atoms with Gasteiger partial charge in [0.1, 0.15) is 5.78 Å². The number of hydrogen-bond donors (Lipinski definition) is 0. The molecule has 0 spiro atoms. The zero-order chi connectivity index (χ0) is 12.7. The Labute approximate surface area is 97.8 Å². The highest BCUT2D eigenvalue weighted by Gasteiger charge is 2.06. The van der Waals surface area contributed by atoms with Crippen LogP contribution < -0.4 is 0 Å². The first-order valence-electron chi connectivity index (χ1n) is 5.25. The van der Waals surface area contributed by atoms with Gasteiger partial charge in [-0.1, -0.05) is 0 Å². The molecule has 0 aliphatic carbocycles. The van der Waals surface area contributed by atoms with Crippen molar-refractivity contribution in [3.63, 3.8) is 0 Å². The minimum Gasteiger partial charge on any atom is -0.303 e. The molecule has 92 valence electrons. The van der Waals surface area contributed by atoms with E-state index in [1.165, 1.54) is 0 Å². The summed E-state index contributed by atoms with van der Waals surface area (Å²) in [5.41, 5.74) is 1.80. The van der Waals surface area contributed by atoms with Crippen molar-refractivity contribution in [2.24, 2.45) is 10.2 Å². The molecule has 0 fully saturated rings. The molecule has 0 unspecified atom stereocenters. The summed E-state index contributed by atoms with van der Waals surface area (Å²) < 4.78 is 0. The molecule has 0 rings (SSSR count). The number of carbonyl (C=O) groups is 1. The molecule has 16 heavy (non-hydrogen) atoms. The summed E-state index contributed by atoms with van der Waals surface area (Å²) in [6.07, 6.45) is 1.02. The molecule has 0 aliphatic rings. The van der Waals surface area contributed by atoms with Gasteiger partial charge in [-0.3, -0.25) is 4.79 Å². The van der Waals surface area contributed by atoms with Crippen LogP contribution in [0.5, 0.6) is 0 Å². The van der Waals surface area contributed by atoms with Crippen molar-refractivity contribution in [1.29, 1.82) is 0 Å². The number of Topliss-reactive ketones (excluding diaryl/α,β-unsaturated/α-hetero) is 1. The summed E-state index contributed by atoms with van der Waals surface area (Å²) in [4.78, 5) is 11.1. The van der Waals surface area contributed by atoms with E-state index in [0.717, 1.165) is 11.4 Å². The molecule has 0 amide bonds. The fraction of sp³-hybridized carbons (Fsp3) is 0.727. The maximum atomic E-state index is 11.1. The second-order valence-corrected chi connectivity index (χ2v) is 4.25. The highest BCUT2D eigenvalue weighted by Crippen LogP contribution is 2.00. The molecule has 0 bridgehead atoms. The van der Waals surface area contributed by atoms with Gasteiger partial charge in [0.25, 0.3) is 0 Å². The normalized spacial score (nSPS) is 12.6. The summed E-state index contributed by atoms with van der Waals surface area (Å²) in [6.45, 7) is 3.51. The Morgan fingerprint density at radius 1 is 0.938 bits per heavy atom. The second-order valence-electron chi connectivity index (χ2n) is 4.25. The first-order valence-corrected chi connectivity index (χ1v) is 5.25. The van der Waals surface area contributed by atoms with E-state index in [9.17, 15) is 4.79 Å². The highest BCUT2D eigenvalue weighted by atomic mass is 16.1. The first-order chi connectivity index (χ1) is 7.31. The second kappa shape index (κ2) is 6.98. The highest BCUT2D eigenvalue weighted by molar-refractivity contribution is 6.10. The fourth-order valence-corrected chi connectivity index (χ4v) is 1.38. The molecule has 0 aliphatic heterocycles. The Morgan fingerprint density at radius 3 is 1.81 bits per heavy atom. The molecule has 0 saturated heterocycles. The van der Waals surface area contributed by atoms with Gasteiger partial charge >= 0.3 is 0 Å². The maximum Gasteiger partial charge on any atom is 0.135 e. The lowest BCUT2D eigenvalue weighted by atomic mass is 10.1. The lowest BCUT2D eigenvalue weighted by Crippen LogP contribution is -2.16. The Morgan fingerprint density at radius 2 is 1.44 bits per heavy atom. The van der Waals surface area contributed by atoms with Gasteiger partial charge < -0.3 is 10.0 Å². The smallest absolute Gasteiger partial charge is 0.135 e. The zero-order valence-corrected chi connectivity index (χ0v) is 11.1. The van der Waals surface area contributed by atoms with Gasteiger partial charge in [-0.25, -0.2) is 0 Å². The van der Waals surface area contributed by atoms with Gasteiger partial charge in [0.15, 0.2) is 0 Å². The van der Waals surface area contributed by atoms with Gasteiger partial charge in [0.2, 0.25) is 0 Å². The number of hydrazone groups is 2. The molecule has 0 atom stereocenters. The summed E-state index contributed by atoms with van der Waals surface area (Å²) in [7, 11) is 7.44. The van der Waals surface area contributed by atoms with Crippen molar-refractivity contribution in [3.05, 3.63) is 0 Å². The van der Waals surface area contributed by atoms with Crippen LogP contribution in [0.15, 0.2) is 10.2 Å². The molecule has 0 N–H and O–H groups in total.